The molecule has 2 heterocycles. The highest BCUT2D eigenvalue weighted by Gasteiger charge is 2.36. The largest absolute Gasteiger partial charge is 0.336 e. The lowest BCUT2D eigenvalue weighted by molar-refractivity contribution is -0.132. The third kappa shape index (κ3) is 1.11. The SMILES string of the molecule is CNC1CCN(C2CNC2)C1=O. The zero-order valence-electron chi connectivity index (χ0n) is 7.34. The van der Waals surface area contributed by atoms with Gasteiger partial charge in [-0.25, -0.2) is 0 Å². The van der Waals surface area contributed by atoms with Crippen LogP contribution in [-0.4, -0.2) is 49.6 Å². The first kappa shape index (κ1) is 8.01. The van der Waals surface area contributed by atoms with Crippen LogP contribution in [0.25, 0.3) is 0 Å². The quantitative estimate of drug-likeness (QED) is 0.544. The molecular weight excluding hydrogens is 154 g/mol. The number of carbonyl (C=O) groups excluding carboxylic acids is 1. The summed E-state index contributed by atoms with van der Waals surface area (Å²) in [5.41, 5.74) is 0. The summed E-state index contributed by atoms with van der Waals surface area (Å²) in [5.74, 6) is 0.281. The maximum Gasteiger partial charge on any atom is 0.240 e. The first-order chi connectivity index (χ1) is 5.83. The Kier molecular flexibility index (Phi) is 2.02. The number of likely N-dealkylation sites (tertiary alicyclic amines) is 1. The van der Waals surface area contributed by atoms with Crippen molar-refractivity contribution in [1.29, 1.82) is 0 Å². The molecule has 4 heteroatoms. The van der Waals surface area contributed by atoms with Crippen LogP contribution in [-0.2, 0) is 4.79 Å². The molecule has 2 fully saturated rings. The minimum absolute atomic E-state index is 0.0746. The van der Waals surface area contributed by atoms with Gasteiger partial charge in [0, 0.05) is 19.6 Å². The Labute approximate surface area is 72.3 Å². The molecule has 0 spiro atoms. The number of carbonyl (C=O) groups is 1. The summed E-state index contributed by atoms with van der Waals surface area (Å²) in [7, 11) is 1.85. The van der Waals surface area contributed by atoms with Crippen LogP contribution in [0.4, 0.5) is 0 Å². The van der Waals surface area contributed by atoms with Crippen LogP contribution >= 0.6 is 0 Å². The predicted octanol–water partition coefficient (Wildman–Crippen LogP) is -1.22. The minimum atomic E-state index is 0.0746. The lowest BCUT2D eigenvalue weighted by atomic mass is 10.1. The topological polar surface area (TPSA) is 44.4 Å². The highest BCUT2D eigenvalue weighted by Crippen LogP contribution is 2.16. The van der Waals surface area contributed by atoms with E-state index in [4.69, 9.17) is 0 Å². The average Bonchev–Trinajstić information content (AvgIpc) is 2.30. The molecule has 2 rings (SSSR count). The molecule has 0 saturated carbocycles. The van der Waals surface area contributed by atoms with Gasteiger partial charge in [0.05, 0.1) is 12.1 Å². The van der Waals surface area contributed by atoms with E-state index in [0.29, 0.717) is 6.04 Å². The van der Waals surface area contributed by atoms with Crippen molar-refractivity contribution in [2.24, 2.45) is 0 Å². The summed E-state index contributed by atoms with van der Waals surface area (Å²) >= 11 is 0. The monoisotopic (exact) mass is 169 g/mol. The molecule has 1 amide bonds. The molecule has 2 aliphatic heterocycles. The Balaban J connectivity index is 1.96. The minimum Gasteiger partial charge on any atom is -0.336 e. The first-order valence-electron chi connectivity index (χ1n) is 4.51. The summed E-state index contributed by atoms with van der Waals surface area (Å²) < 4.78 is 0. The van der Waals surface area contributed by atoms with E-state index in [1.54, 1.807) is 0 Å². The van der Waals surface area contributed by atoms with E-state index in [-0.39, 0.29) is 11.9 Å². The van der Waals surface area contributed by atoms with Crippen LogP contribution in [0.5, 0.6) is 0 Å². The standard InChI is InChI=1S/C8H15N3O/c1-9-7-2-3-11(8(7)12)6-4-10-5-6/h6-7,9-10H,2-5H2,1H3. The smallest absolute Gasteiger partial charge is 0.240 e. The highest BCUT2D eigenvalue weighted by molar-refractivity contribution is 5.84. The molecule has 68 valence electrons. The van der Waals surface area contributed by atoms with Crippen molar-refractivity contribution >= 4 is 5.91 Å². The molecule has 0 aromatic heterocycles. The van der Waals surface area contributed by atoms with Gasteiger partial charge in [0.2, 0.25) is 5.91 Å². The number of nitrogens with one attached hydrogen (secondary N) is 2. The summed E-state index contributed by atoms with van der Waals surface area (Å²) in [4.78, 5) is 13.6. The number of likely N-dealkylation sites (N-methyl/N-ethyl adjacent to an activating group) is 1. The van der Waals surface area contributed by atoms with Gasteiger partial charge < -0.3 is 15.5 Å². The second-order valence-electron chi connectivity index (χ2n) is 3.47. The molecule has 4 nitrogen and oxygen atoms in total. The van der Waals surface area contributed by atoms with Crippen molar-refractivity contribution in [3.05, 3.63) is 0 Å². The van der Waals surface area contributed by atoms with E-state index >= 15 is 0 Å². The van der Waals surface area contributed by atoms with E-state index in [2.05, 4.69) is 10.6 Å². The summed E-state index contributed by atoms with van der Waals surface area (Å²) in [6, 6.07) is 0.543. The van der Waals surface area contributed by atoms with Crippen molar-refractivity contribution in [3.63, 3.8) is 0 Å². The molecule has 0 radical (unpaired) electrons. The number of hydrogen-bond donors (Lipinski definition) is 2. The molecule has 0 bridgehead atoms. The fourth-order valence-electron chi connectivity index (χ4n) is 1.83. The Bertz CT molecular complexity index is 191. The van der Waals surface area contributed by atoms with Gasteiger partial charge >= 0.3 is 0 Å². The molecule has 0 aromatic carbocycles. The Morgan fingerprint density at radius 2 is 2.33 bits per heavy atom. The molecule has 12 heavy (non-hydrogen) atoms. The van der Waals surface area contributed by atoms with Crippen LogP contribution < -0.4 is 10.6 Å². The zero-order chi connectivity index (χ0) is 8.55. The summed E-state index contributed by atoms with van der Waals surface area (Å²) in [6.07, 6.45) is 0.964. The van der Waals surface area contributed by atoms with Crippen LogP contribution in [0.1, 0.15) is 6.42 Å². The summed E-state index contributed by atoms with van der Waals surface area (Å²) in [6.45, 7) is 2.88. The number of rotatable bonds is 2. The maximum atomic E-state index is 11.6. The lowest BCUT2D eigenvalue weighted by Crippen LogP contribution is -2.58. The average molecular weight is 169 g/mol. The van der Waals surface area contributed by atoms with E-state index in [1.807, 2.05) is 11.9 Å². The summed E-state index contributed by atoms with van der Waals surface area (Å²) in [5, 5.41) is 6.21. The van der Waals surface area contributed by atoms with Gasteiger partial charge in [-0.2, -0.15) is 0 Å². The highest BCUT2D eigenvalue weighted by atomic mass is 16.2. The fourth-order valence-corrected chi connectivity index (χ4v) is 1.83. The van der Waals surface area contributed by atoms with Crippen LogP contribution in [0.3, 0.4) is 0 Å². The van der Waals surface area contributed by atoms with Crippen LogP contribution in [0, 0.1) is 0 Å². The fraction of sp³-hybridized carbons (Fsp3) is 0.875. The van der Waals surface area contributed by atoms with E-state index in [1.165, 1.54) is 0 Å². The predicted molar refractivity (Wildman–Crippen MR) is 45.8 cm³/mol. The van der Waals surface area contributed by atoms with Gasteiger partial charge in [-0.3, -0.25) is 4.79 Å². The normalized spacial score (nSPS) is 30.9. The van der Waals surface area contributed by atoms with Gasteiger partial charge in [-0.15, -0.1) is 0 Å². The third-order valence-electron chi connectivity index (χ3n) is 2.79. The van der Waals surface area contributed by atoms with Crippen molar-refractivity contribution in [3.8, 4) is 0 Å². The Hall–Kier alpha value is -0.610. The van der Waals surface area contributed by atoms with Crippen molar-refractivity contribution in [2.45, 2.75) is 18.5 Å². The lowest BCUT2D eigenvalue weighted by Gasteiger charge is -2.35. The molecule has 2 saturated heterocycles. The van der Waals surface area contributed by atoms with Crippen molar-refractivity contribution in [1.82, 2.24) is 15.5 Å². The molecule has 1 atom stereocenters. The second kappa shape index (κ2) is 3.03. The third-order valence-corrected chi connectivity index (χ3v) is 2.79. The van der Waals surface area contributed by atoms with Gasteiger partial charge in [0.25, 0.3) is 0 Å². The van der Waals surface area contributed by atoms with Crippen LogP contribution in [0.2, 0.25) is 0 Å². The Morgan fingerprint density at radius 3 is 2.75 bits per heavy atom. The maximum absolute atomic E-state index is 11.6. The number of hydrogen-bond acceptors (Lipinski definition) is 3. The van der Waals surface area contributed by atoms with E-state index < -0.39 is 0 Å². The van der Waals surface area contributed by atoms with Crippen molar-refractivity contribution in [2.75, 3.05) is 26.7 Å². The second-order valence-corrected chi connectivity index (χ2v) is 3.47. The molecule has 1 unspecified atom stereocenters. The first-order valence-corrected chi connectivity index (χ1v) is 4.51. The van der Waals surface area contributed by atoms with Crippen LogP contribution in [0.15, 0.2) is 0 Å². The molecule has 0 aromatic rings. The Morgan fingerprint density at radius 1 is 1.58 bits per heavy atom. The van der Waals surface area contributed by atoms with Gasteiger partial charge in [-0.05, 0) is 13.5 Å². The molecule has 2 aliphatic rings. The van der Waals surface area contributed by atoms with Gasteiger partial charge in [-0.1, -0.05) is 0 Å². The molecule has 0 aliphatic carbocycles. The number of nitrogens with zero attached hydrogens (tertiary/aromatic N) is 1. The van der Waals surface area contributed by atoms with E-state index in [9.17, 15) is 4.79 Å². The van der Waals surface area contributed by atoms with Gasteiger partial charge in [0.1, 0.15) is 0 Å². The number of amides is 1. The zero-order valence-corrected chi connectivity index (χ0v) is 7.34. The van der Waals surface area contributed by atoms with Crippen molar-refractivity contribution < 1.29 is 4.79 Å². The van der Waals surface area contributed by atoms with E-state index in [0.717, 1.165) is 26.1 Å². The molecule has 2 N–H and O–H groups in total. The molecular formula is C8H15N3O. The van der Waals surface area contributed by atoms with Gasteiger partial charge in [0.15, 0.2) is 0 Å².